The summed E-state index contributed by atoms with van der Waals surface area (Å²) in [5.41, 5.74) is 9.94. The van der Waals surface area contributed by atoms with E-state index in [-0.39, 0.29) is 47.3 Å². The maximum absolute atomic E-state index is 11.2. The van der Waals surface area contributed by atoms with Crippen molar-refractivity contribution in [2.75, 3.05) is 31.6 Å². The number of nitrogens with one attached hydrogen (secondary N) is 1. The van der Waals surface area contributed by atoms with E-state index in [0.29, 0.717) is 5.56 Å². The van der Waals surface area contributed by atoms with Crippen molar-refractivity contribution < 1.29 is 46.1 Å². The number of carbonyl (C=O) groups excluding carboxylic acids is 1. The van der Waals surface area contributed by atoms with Crippen molar-refractivity contribution in [2.45, 2.75) is 6.04 Å². The summed E-state index contributed by atoms with van der Waals surface area (Å²) in [4.78, 5) is 15.8. The average molecular weight is 461 g/mol. The molecule has 1 aliphatic rings. The number of amides is 1. The van der Waals surface area contributed by atoms with Gasteiger partial charge in [-0.05, 0) is 23.3 Å². The molecule has 4 nitrogen and oxygen atoms in total. The van der Waals surface area contributed by atoms with Gasteiger partial charge in [-0.1, -0.05) is 54.6 Å². The van der Waals surface area contributed by atoms with E-state index in [2.05, 4.69) is 53.3 Å². The number of rotatable bonds is 6. The van der Waals surface area contributed by atoms with Crippen molar-refractivity contribution in [2.24, 2.45) is 0 Å². The molecule has 2 aromatic rings. The van der Waals surface area contributed by atoms with Gasteiger partial charge in [-0.3, -0.25) is 4.90 Å². The van der Waals surface area contributed by atoms with Crippen molar-refractivity contribution in [1.82, 2.24) is 4.90 Å². The fourth-order valence-corrected chi connectivity index (χ4v) is 3.07. The summed E-state index contributed by atoms with van der Waals surface area (Å²) in [6.45, 7) is 2.92. The van der Waals surface area contributed by atoms with E-state index in [1.807, 2.05) is 18.2 Å². The molecule has 0 saturated heterocycles. The van der Waals surface area contributed by atoms with Crippen molar-refractivity contribution in [3.63, 3.8) is 0 Å². The summed E-state index contributed by atoms with van der Waals surface area (Å²) < 4.78 is 0. The van der Waals surface area contributed by atoms with Crippen molar-refractivity contribution >= 4 is 11.6 Å². The standard InChI is InChI=1S/C20H23N3O.Pr/c1-22(18-11-9-17(10-12-18)20(21)24)19(15-23-13-5-6-14-23)16-7-3-2-4-8-16;/h2-12,19H,13-15H2,1H3,(H2,21,24);/q;+3/p-1. The van der Waals surface area contributed by atoms with Crippen molar-refractivity contribution in [3.8, 4) is 0 Å². The van der Waals surface area contributed by atoms with Crippen molar-refractivity contribution in [1.29, 1.82) is 0 Å². The Hall–Kier alpha value is -1.23. The summed E-state index contributed by atoms with van der Waals surface area (Å²) in [6, 6.07) is 18.0. The number of anilines is 1. The summed E-state index contributed by atoms with van der Waals surface area (Å²) in [6.07, 6.45) is 4.41. The van der Waals surface area contributed by atoms with Crippen LogP contribution in [0.5, 0.6) is 0 Å². The van der Waals surface area contributed by atoms with Gasteiger partial charge in [-0.2, -0.15) is 0 Å². The summed E-state index contributed by atoms with van der Waals surface area (Å²) in [5.74, 6) is -0.646. The number of nitrogens with zero attached hydrogens (tertiary/aromatic N) is 2. The molecule has 124 valence electrons. The summed E-state index contributed by atoms with van der Waals surface area (Å²) in [7, 11) is 2.08. The molecule has 0 saturated carbocycles. The first-order valence-electron chi connectivity index (χ1n) is 8.16. The van der Waals surface area contributed by atoms with Crippen LogP contribution in [0.2, 0.25) is 0 Å². The van der Waals surface area contributed by atoms with E-state index in [0.717, 1.165) is 25.3 Å². The normalized spacial score (nSPS) is 14.8. The minimum absolute atomic E-state index is 0. The molecule has 0 aromatic heterocycles. The minimum Gasteiger partial charge on any atom is -0.664 e. The van der Waals surface area contributed by atoms with Crippen LogP contribution in [-0.4, -0.2) is 37.5 Å². The first-order chi connectivity index (χ1) is 11.6. The van der Waals surface area contributed by atoms with Crippen LogP contribution < -0.4 is 4.90 Å². The van der Waals surface area contributed by atoms with Crippen LogP contribution in [0, 0.1) is 41.3 Å². The second-order valence-corrected chi connectivity index (χ2v) is 6.10. The maximum Gasteiger partial charge on any atom is 3.00 e. The second kappa shape index (κ2) is 9.47. The summed E-state index contributed by atoms with van der Waals surface area (Å²) >= 11 is 0. The van der Waals surface area contributed by atoms with Gasteiger partial charge in [0.2, 0.25) is 0 Å². The predicted molar refractivity (Wildman–Crippen MR) is 98.3 cm³/mol. The smallest absolute Gasteiger partial charge is 0.664 e. The number of hydrogen-bond acceptors (Lipinski definition) is 3. The molecule has 0 spiro atoms. The van der Waals surface area contributed by atoms with Crippen molar-refractivity contribution in [3.05, 3.63) is 83.6 Å². The van der Waals surface area contributed by atoms with Gasteiger partial charge in [-0.25, -0.2) is 0 Å². The van der Waals surface area contributed by atoms with E-state index in [4.69, 9.17) is 5.73 Å². The molecule has 5 heteroatoms. The molecule has 0 radical (unpaired) electrons. The molecule has 1 N–H and O–H groups in total. The van der Waals surface area contributed by atoms with Crippen LogP contribution in [0.4, 0.5) is 5.69 Å². The Labute approximate surface area is 182 Å². The Bertz CT molecular complexity index is 707. The van der Waals surface area contributed by atoms with Crippen LogP contribution in [0.15, 0.2) is 66.7 Å². The summed E-state index contributed by atoms with van der Waals surface area (Å²) in [5, 5.41) is 0. The monoisotopic (exact) mass is 461 g/mol. The molecule has 0 aliphatic carbocycles. The van der Waals surface area contributed by atoms with Crippen LogP contribution in [0.25, 0.3) is 5.73 Å². The third-order valence-corrected chi connectivity index (χ3v) is 4.51. The third-order valence-electron chi connectivity index (χ3n) is 4.51. The van der Waals surface area contributed by atoms with E-state index >= 15 is 0 Å². The molecule has 3 rings (SSSR count). The van der Waals surface area contributed by atoms with Gasteiger partial charge in [0, 0.05) is 32.4 Å². The Balaban J connectivity index is 0.00000225. The van der Waals surface area contributed by atoms with Gasteiger partial charge in [0.25, 0.3) is 0 Å². The first kappa shape index (κ1) is 20.1. The molecule has 0 bridgehead atoms. The predicted octanol–water partition coefficient (Wildman–Crippen LogP) is 3.93. The maximum atomic E-state index is 11.2. The molecule has 1 aliphatic heterocycles. The average Bonchev–Trinajstić information content (AvgIpc) is 3.13. The topological polar surface area (TPSA) is 47.4 Å². The van der Waals surface area contributed by atoms with Crippen LogP contribution in [0.3, 0.4) is 0 Å². The van der Waals surface area contributed by atoms with Gasteiger partial charge < -0.3 is 15.4 Å². The molecular weight excluding hydrogens is 439 g/mol. The fraction of sp³-hybridized carbons (Fsp3) is 0.250. The molecule has 1 unspecified atom stereocenters. The molecule has 1 amide bonds. The molecule has 1 heterocycles. The van der Waals surface area contributed by atoms with Gasteiger partial charge in [-0.15, -0.1) is 0 Å². The number of carbonyl (C=O) groups is 1. The molecular formula is C20H22N3OPr+2. The van der Waals surface area contributed by atoms with E-state index < -0.39 is 5.91 Å². The Morgan fingerprint density at radius 2 is 1.68 bits per heavy atom. The van der Waals surface area contributed by atoms with E-state index in [1.54, 1.807) is 12.1 Å². The Morgan fingerprint density at radius 1 is 1.08 bits per heavy atom. The number of likely N-dealkylation sites (N-methyl/N-ethyl adjacent to an activating group) is 1. The first-order valence-corrected chi connectivity index (χ1v) is 8.16. The largest absolute Gasteiger partial charge is 3.00 e. The Kier molecular flexibility index (Phi) is 7.61. The molecule has 2 aromatic carbocycles. The van der Waals surface area contributed by atoms with Gasteiger partial charge in [0.15, 0.2) is 0 Å². The fourth-order valence-electron chi connectivity index (χ4n) is 3.07. The van der Waals surface area contributed by atoms with Gasteiger partial charge in [0.1, 0.15) is 0 Å². The SMILES string of the molecule is CN(c1ccc(C([NH-])=O)cc1)C(CN1CC=CC1)c1ccccc1.[Pr+3]. The molecule has 0 fully saturated rings. The van der Waals surface area contributed by atoms with Gasteiger partial charge >= 0.3 is 41.3 Å². The van der Waals surface area contributed by atoms with Gasteiger partial charge in [0.05, 0.1) is 11.9 Å². The second-order valence-electron chi connectivity index (χ2n) is 6.10. The van der Waals surface area contributed by atoms with Crippen LogP contribution >= 0.6 is 0 Å². The quantitative estimate of drug-likeness (QED) is 0.613. The zero-order chi connectivity index (χ0) is 16.9. The third kappa shape index (κ3) is 5.13. The zero-order valence-electron chi connectivity index (χ0n) is 14.4. The number of hydrogen-bond donors (Lipinski definition) is 0. The molecule has 1 atom stereocenters. The zero-order valence-corrected chi connectivity index (χ0v) is 18.1. The van der Waals surface area contributed by atoms with Crippen LogP contribution in [-0.2, 0) is 0 Å². The molecule has 25 heavy (non-hydrogen) atoms. The van der Waals surface area contributed by atoms with E-state index in [1.165, 1.54) is 5.56 Å². The van der Waals surface area contributed by atoms with Crippen LogP contribution in [0.1, 0.15) is 22.0 Å². The van der Waals surface area contributed by atoms with E-state index in [9.17, 15) is 4.79 Å². The Morgan fingerprint density at radius 3 is 2.24 bits per heavy atom. The minimum atomic E-state index is -0.646. The number of benzene rings is 2.